The second kappa shape index (κ2) is 11.0. The summed E-state index contributed by atoms with van der Waals surface area (Å²) in [5.74, 6) is -0.0621. The molecular formula is C20H30O3. The number of unbranched alkanes of at least 4 members (excludes halogenated alkanes) is 3. The average molecular weight is 318 g/mol. The Hall–Kier alpha value is -1.64. The molecule has 0 fully saturated rings. The number of benzene rings is 1. The van der Waals surface area contributed by atoms with Crippen molar-refractivity contribution in [3.63, 3.8) is 0 Å². The number of rotatable bonds is 11. The zero-order valence-electron chi connectivity index (χ0n) is 14.8. The summed E-state index contributed by atoms with van der Waals surface area (Å²) in [6, 6.07) is 7.45. The Morgan fingerprint density at radius 1 is 1.00 bits per heavy atom. The van der Waals surface area contributed by atoms with Crippen LogP contribution in [0.3, 0.4) is 0 Å². The van der Waals surface area contributed by atoms with Crippen molar-refractivity contribution in [3.05, 3.63) is 35.4 Å². The summed E-state index contributed by atoms with van der Waals surface area (Å²) in [5, 5.41) is 0. The molecule has 0 radical (unpaired) electrons. The molecule has 3 nitrogen and oxygen atoms in total. The molecule has 0 N–H and O–H groups in total. The third kappa shape index (κ3) is 8.53. The van der Waals surface area contributed by atoms with Crippen LogP contribution >= 0.6 is 0 Å². The van der Waals surface area contributed by atoms with Gasteiger partial charge in [0.2, 0.25) is 0 Å². The lowest BCUT2D eigenvalue weighted by Crippen LogP contribution is -2.19. The molecule has 128 valence electrons. The Balaban J connectivity index is 2.53. The minimum atomic E-state index is -0.256. The molecular weight excluding hydrogens is 288 g/mol. The van der Waals surface area contributed by atoms with Gasteiger partial charge in [-0.3, -0.25) is 0 Å². The first kappa shape index (κ1) is 19.4. The van der Waals surface area contributed by atoms with E-state index in [0.717, 1.165) is 31.2 Å². The molecule has 1 atom stereocenters. The Morgan fingerprint density at radius 3 is 2.26 bits per heavy atom. The zero-order chi connectivity index (χ0) is 17.1. The van der Waals surface area contributed by atoms with Gasteiger partial charge in [-0.1, -0.05) is 43.9 Å². The van der Waals surface area contributed by atoms with Crippen LogP contribution in [-0.2, 0) is 9.53 Å². The Bertz CT molecular complexity index is 476. The van der Waals surface area contributed by atoms with Crippen molar-refractivity contribution in [1.82, 2.24) is 0 Å². The molecule has 1 rings (SSSR count). The molecule has 1 unspecified atom stereocenters. The van der Waals surface area contributed by atoms with Gasteiger partial charge >= 0.3 is 5.97 Å². The van der Waals surface area contributed by atoms with Gasteiger partial charge in [0.1, 0.15) is 11.9 Å². The highest BCUT2D eigenvalue weighted by Crippen LogP contribution is 2.17. The number of esters is 1. The molecule has 0 heterocycles. The smallest absolute Gasteiger partial charge is 0.338 e. The number of carbonyl (C=O) groups is 2. The molecule has 0 amide bonds. The third-order valence-corrected chi connectivity index (χ3v) is 4.00. The zero-order valence-corrected chi connectivity index (χ0v) is 14.8. The molecule has 0 saturated heterocycles. The van der Waals surface area contributed by atoms with E-state index in [1.807, 2.05) is 19.1 Å². The maximum atomic E-state index is 12.3. The topological polar surface area (TPSA) is 43.4 Å². The van der Waals surface area contributed by atoms with Crippen LogP contribution in [0.5, 0.6) is 0 Å². The van der Waals surface area contributed by atoms with Crippen LogP contribution in [0.1, 0.15) is 81.1 Å². The number of hydrogen-bond donors (Lipinski definition) is 0. The van der Waals surface area contributed by atoms with Crippen molar-refractivity contribution in [2.24, 2.45) is 0 Å². The van der Waals surface area contributed by atoms with Gasteiger partial charge in [0.05, 0.1) is 5.56 Å². The molecule has 0 bridgehead atoms. The summed E-state index contributed by atoms with van der Waals surface area (Å²) in [4.78, 5) is 23.4. The van der Waals surface area contributed by atoms with Crippen molar-refractivity contribution >= 4 is 11.8 Å². The van der Waals surface area contributed by atoms with Crippen LogP contribution in [0.25, 0.3) is 0 Å². The highest BCUT2D eigenvalue weighted by atomic mass is 16.5. The van der Waals surface area contributed by atoms with Crippen molar-refractivity contribution in [1.29, 1.82) is 0 Å². The van der Waals surface area contributed by atoms with Crippen LogP contribution in [0.4, 0.5) is 0 Å². The van der Waals surface area contributed by atoms with E-state index < -0.39 is 0 Å². The lowest BCUT2D eigenvalue weighted by molar-refractivity contribution is -0.117. The first-order valence-electron chi connectivity index (χ1n) is 8.80. The van der Waals surface area contributed by atoms with Crippen LogP contribution in [0, 0.1) is 6.92 Å². The second-order valence-electron chi connectivity index (χ2n) is 6.34. The Morgan fingerprint density at radius 2 is 1.65 bits per heavy atom. The minimum Gasteiger partial charge on any atom is -0.459 e. The van der Waals surface area contributed by atoms with Gasteiger partial charge in [0, 0.05) is 6.42 Å². The monoisotopic (exact) mass is 318 g/mol. The lowest BCUT2D eigenvalue weighted by Gasteiger charge is -2.18. The molecule has 1 aromatic rings. The summed E-state index contributed by atoms with van der Waals surface area (Å²) in [6.45, 7) is 5.78. The van der Waals surface area contributed by atoms with Crippen molar-refractivity contribution < 1.29 is 14.3 Å². The molecule has 0 aromatic heterocycles. The van der Waals surface area contributed by atoms with E-state index in [0.29, 0.717) is 12.0 Å². The molecule has 1 aromatic carbocycles. The van der Waals surface area contributed by atoms with Gasteiger partial charge < -0.3 is 9.53 Å². The van der Waals surface area contributed by atoms with Crippen LogP contribution in [-0.4, -0.2) is 17.9 Å². The number of carbonyl (C=O) groups excluding carboxylic acids is 2. The first-order chi connectivity index (χ1) is 11.0. The Kier molecular flexibility index (Phi) is 9.27. The quantitative estimate of drug-likeness (QED) is 0.413. The minimum absolute atomic E-state index is 0.0833. The predicted molar refractivity (Wildman–Crippen MR) is 93.7 cm³/mol. The Labute approximate surface area is 140 Å². The fourth-order valence-corrected chi connectivity index (χ4v) is 2.55. The number of ketones is 1. The van der Waals surface area contributed by atoms with Crippen molar-refractivity contribution in [2.75, 3.05) is 0 Å². The van der Waals surface area contributed by atoms with Crippen LogP contribution in [0.2, 0.25) is 0 Å². The molecule has 0 spiro atoms. The third-order valence-electron chi connectivity index (χ3n) is 4.00. The summed E-state index contributed by atoms with van der Waals surface area (Å²) in [5.41, 5.74) is 1.72. The summed E-state index contributed by atoms with van der Waals surface area (Å²) < 4.78 is 5.69. The SMILES string of the molecule is CCCCCCC(CCCC(C)=O)OC(=O)c1ccc(C)cc1. The highest BCUT2D eigenvalue weighted by Gasteiger charge is 2.16. The molecule has 0 aliphatic rings. The van der Waals surface area contributed by atoms with E-state index in [2.05, 4.69) is 6.92 Å². The van der Waals surface area contributed by atoms with E-state index in [1.54, 1.807) is 19.1 Å². The van der Waals surface area contributed by atoms with E-state index in [4.69, 9.17) is 4.74 Å². The molecule has 3 heteroatoms. The highest BCUT2D eigenvalue weighted by molar-refractivity contribution is 5.89. The van der Waals surface area contributed by atoms with Crippen molar-refractivity contribution in [2.45, 2.75) is 78.2 Å². The van der Waals surface area contributed by atoms with Gasteiger partial charge in [-0.15, -0.1) is 0 Å². The molecule has 0 aliphatic heterocycles. The number of aryl methyl sites for hydroxylation is 1. The molecule has 0 saturated carbocycles. The fraction of sp³-hybridized carbons (Fsp3) is 0.600. The number of Topliss-reactive ketones (excluding diaryl/α,β-unsaturated/α-hetero) is 1. The summed E-state index contributed by atoms with van der Waals surface area (Å²) in [6.07, 6.45) is 7.56. The summed E-state index contributed by atoms with van der Waals surface area (Å²) in [7, 11) is 0. The van der Waals surface area contributed by atoms with Gasteiger partial charge in [-0.05, 0) is 51.7 Å². The van der Waals surface area contributed by atoms with Gasteiger partial charge in [-0.25, -0.2) is 4.79 Å². The number of hydrogen-bond acceptors (Lipinski definition) is 3. The molecule has 23 heavy (non-hydrogen) atoms. The largest absolute Gasteiger partial charge is 0.459 e. The standard InChI is InChI=1S/C20H30O3/c1-4-5-6-7-10-19(11-8-9-17(3)21)23-20(22)18-14-12-16(2)13-15-18/h12-15,19H,4-11H2,1-3H3. The van der Waals surface area contributed by atoms with E-state index in [9.17, 15) is 9.59 Å². The maximum Gasteiger partial charge on any atom is 0.338 e. The molecule has 0 aliphatic carbocycles. The summed E-state index contributed by atoms with van der Waals surface area (Å²) >= 11 is 0. The van der Waals surface area contributed by atoms with Gasteiger partial charge in [0.25, 0.3) is 0 Å². The lowest BCUT2D eigenvalue weighted by atomic mass is 10.0. The fourth-order valence-electron chi connectivity index (χ4n) is 2.55. The van der Waals surface area contributed by atoms with Crippen LogP contribution < -0.4 is 0 Å². The first-order valence-corrected chi connectivity index (χ1v) is 8.80. The normalized spacial score (nSPS) is 12.0. The van der Waals surface area contributed by atoms with E-state index in [1.165, 1.54) is 19.3 Å². The van der Waals surface area contributed by atoms with Crippen LogP contribution in [0.15, 0.2) is 24.3 Å². The van der Waals surface area contributed by atoms with Gasteiger partial charge in [-0.2, -0.15) is 0 Å². The van der Waals surface area contributed by atoms with Gasteiger partial charge in [0.15, 0.2) is 0 Å². The predicted octanol–water partition coefficient (Wildman–Crippen LogP) is 5.25. The van der Waals surface area contributed by atoms with E-state index >= 15 is 0 Å². The second-order valence-corrected chi connectivity index (χ2v) is 6.34. The number of ether oxygens (including phenoxy) is 1. The maximum absolute atomic E-state index is 12.3. The van der Waals surface area contributed by atoms with E-state index in [-0.39, 0.29) is 17.9 Å². The average Bonchev–Trinajstić information content (AvgIpc) is 2.51. The van der Waals surface area contributed by atoms with Crippen molar-refractivity contribution in [3.8, 4) is 0 Å².